The van der Waals surface area contributed by atoms with Gasteiger partial charge >= 0.3 is 0 Å². The van der Waals surface area contributed by atoms with Gasteiger partial charge in [0.15, 0.2) is 0 Å². The summed E-state index contributed by atoms with van der Waals surface area (Å²) in [6.07, 6.45) is 2.98. The quantitative estimate of drug-likeness (QED) is 0.793. The van der Waals surface area contributed by atoms with Crippen molar-refractivity contribution in [2.45, 2.75) is 32.2 Å². The summed E-state index contributed by atoms with van der Waals surface area (Å²) in [6.45, 7) is 2.10. The van der Waals surface area contributed by atoms with Crippen LogP contribution in [0.2, 0.25) is 0 Å². The zero-order chi connectivity index (χ0) is 12.0. The third-order valence-electron chi connectivity index (χ3n) is 2.77. The lowest BCUT2D eigenvalue weighted by Crippen LogP contribution is -2.19. The maximum atomic E-state index is 11.3. The van der Waals surface area contributed by atoms with Crippen LogP contribution in [-0.2, 0) is 6.42 Å². The second-order valence-electron chi connectivity index (χ2n) is 3.98. The zero-order valence-electron chi connectivity index (χ0n) is 9.99. The molecule has 0 bridgehead atoms. The van der Waals surface area contributed by atoms with Crippen molar-refractivity contribution in [2.75, 3.05) is 7.05 Å². The van der Waals surface area contributed by atoms with Crippen LogP contribution >= 0.6 is 0 Å². The van der Waals surface area contributed by atoms with Crippen molar-refractivity contribution >= 4 is 5.91 Å². The van der Waals surface area contributed by atoms with Crippen molar-refractivity contribution in [3.05, 3.63) is 35.4 Å². The lowest BCUT2D eigenvalue weighted by Gasteiger charge is -2.08. The molecule has 0 aliphatic heterocycles. The van der Waals surface area contributed by atoms with E-state index in [0.29, 0.717) is 5.56 Å². The van der Waals surface area contributed by atoms with E-state index in [0.717, 1.165) is 19.3 Å². The number of rotatable bonds is 5. The number of nitrogens with two attached hydrogens (primary N) is 1. The van der Waals surface area contributed by atoms with E-state index in [1.807, 2.05) is 24.3 Å². The normalized spacial score (nSPS) is 12.2. The standard InChI is InChI=1S/C13H20N2O/c1-3-12(14)9-6-10-4-7-11(8-5-10)13(16)15-2/h4-5,7-8,12H,3,6,9,14H2,1-2H3,(H,15,16)/t12-/m0/s1. The van der Waals surface area contributed by atoms with E-state index in [-0.39, 0.29) is 11.9 Å². The summed E-state index contributed by atoms with van der Waals surface area (Å²) in [5.41, 5.74) is 7.79. The van der Waals surface area contributed by atoms with Gasteiger partial charge in [0, 0.05) is 18.7 Å². The summed E-state index contributed by atoms with van der Waals surface area (Å²) in [5, 5.41) is 2.60. The molecule has 0 spiro atoms. The maximum absolute atomic E-state index is 11.3. The van der Waals surface area contributed by atoms with Crippen LogP contribution in [0, 0.1) is 0 Å². The van der Waals surface area contributed by atoms with E-state index < -0.39 is 0 Å². The molecule has 0 saturated heterocycles. The third-order valence-corrected chi connectivity index (χ3v) is 2.77. The van der Waals surface area contributed by atoms with Crippen LogP contribution in [0.5, 0.6) is 0 Å². The number of amides is 1. The van der Waals surface area contributed by atoms with Crippen molar-refractivity contribution in [1.82, 2.24) is 5.32 Å². The first-order valence-corrected chi connectivity index (χ1v) is 5.74. The first kappa shape index (κ1) is 12.7. The molecule has 0 unspecified atom stereocenters. The Bertz CT molecular complexity index is 332. The molecule has 1 aromatic rings. The molecule has 0 aliphatic carbocycles. The predicted octanol–water partition coefficient (Wildman–Crippen LogP) is 1.72. The molecular weight excluding hydrogens is 200 g/mol. The van der Waals surface area contributed by atoms with E-state index in [1.165, 1.54) is 5.56 Å². The van der Waals surface area contributed by atoms with Crippen LogP contribution in [0.1, 0.15) is 35.7 Å². The Balaban J connectivity index is 2.54. The SMILES string of the molecule is CC[C@H](N)CCc1ccc(C(=O)NC)cc1. The molecule has 0 fully saturated rings. The van der Waals surface area contributed by atoms with Crippen molar-refractivity contribution in [1.29, 1.82) is 0 Å². The van der Waals surface area contributed by atoms with Crippen LogP contribution < -0.4 is 11.1 Å². The number of carbonyl (C=O) groups is 1. The van der Waals surface area contributed by atoms with Crippen molar-refractivity contribution in [2.24, 2.45) is 5.73 Å². The molecule has 1 amide bonds. The van der Waals surface area contributed by atoms with Gasteiger partial charge in [0.1, 0.15) is 0 Å². The smallest absolute Gasteiger partial charge is 0.251 e. The van der Waals surface area contributed by atoms with Crippen LogP contribution in [0.4, 0.5) is 0 Å². The summed E-state index contributed by atoms with van der Waals surface area (Å²) in [4.78, 5) is 11.3. The Morgan fingerprint density at radius 1 is 1.38 bits per heavy atom. The maximum Gasteiger partial charge on any atom is 0.251 e. The molecule has 0 aliphatic rings. The lowest BCUT2D eigenvalue weighted by atomic mass is 10.0. The highest BCUT2D eigenvalue weighted by Crippen LogP contribution is 2.08. The van der Waals surface area contributed by atoms with Crippen molar-refractivity contribution < 1.29 is 4.79 Å². The highest BCUT2D eigenvalue weighted by atomic mass is 16.1. The van der Waals surface area contributed by atoms with Gasteiger partial charge in [-0.15, -0.1) is 0 Å². The first-order chi connectivity index (χ1) is 7.67. The molecule has 16 heavy (non-hydrogen) atoms. The van der Waals surface area contributed by atoms with Gasteiger partial charge in [-0.2, -0.15) is 0 Å². The van der Waals surface area contributed by atoms with E-state index in [9.17, 15) is 4.79 Å². The van der Waals surface area contributed by atoms with Gasteiger partial charge in [0.25, 0.3) is 5.91 Å². The predicted molar refractivity (Wildman–Crippen MR) is 66.4 cm³/mol. The molecule has 1 aromatic carbocycles. The van der Waals surface area contributed by atoms with E-state index in [4.69, 9.17) is 5.73 Å². The van der Waals surface area contributed by atoms with Gasteiger partial charge in [-0.3, -0.25) is 4.79 Å². The fourth-order valence-corrected chi connectivity index (χ4v) is 1.52. The van der Waals surface area contributed by atoms with Gasteiger partial charge in [-0.05, 0) is 37.0 Å². The number of hydrogen-bond acceptors (Lipinski definition) is 2. The molecule has 3 nitrogen and oxygen atoms in total. The second-order valence-corrected chi connectivity index (χ2v) is 3.98. The average molecular weight is 220 g/mol. The summed E-state index contributed by atoms with van der Waals surface area (Å²) >= 11 is 0. The Morgan fingerprint density at radius 3 is 2.50 bits per heavy atom. The molecule has 0 heterocycles. The summed E-state index contributed by atoms with van der Waals surface area (Å²) in [6, 6.07) is 7.97. The number of hydrogen-bond donors (Lipinski definition) is 2. The largest absolute Gasteiger partial charge is 0.355 e. The number of aryl methyl sites for hydroxylation is 1. The monoisotopic (exact) mass is 220 g/mol. The van der Waals surface area contributed by atoms with Crippen LogP contribution in [0.3, 0.4) is 0 Å². The van der Waals surface area contributed by atoms with E-state index in [1.54, 1.807) is 7.05 Å². The van der Waals surface area contributed by atoms with Gasteiger partial charge in [-0.25, -0.2) is 0 Å². The summed E-state index contributed by atoms with van der Waals surface area (Å²) < 4.78 is 0. The Kier molecular flexibility index (Phi) is 4.99. The van der Waals surface area contributed by atoms with Crippen LogP contribution in [0.25, 0.3) is 0 Å². The second kappa shape index (κ2) is 6.28. The van der Waals surface area contributed by atoms with Gasteiger partial charge in [0.2, 0.25) is 0 Å². The van der Waals surface area contributed by atoms with E-state index in [2.05, 4.69) is 12.2 Å². The van der Waals surface area contributed by atoms with Crippen LogP contribution in [0.15, 0.2) is 24.3 Å². The van der Waals surface area contributed by atoms with E-state index >= 15 is 0 Å². The van der Waals surface area contributed by atoms with Crippen molar-refractivity contribution in [3.8, 4) is 0 Å². The fraction of sp³-hybridized carbons (Fsp3) is 0.462. The number of benzene rings is 1. The first-order valence-electron chi connectivity index (χ1n) is 5.74. The summed E-state index contributed by atoms with van der Waals surface area (Å²) in [7, 11) is 1.64. The Hall–Kier alpha value is -1.35. The minimum atomic E-state index is -0.0446. The molecule has 0 radical (unpaired) electrons. The molecule has 88 valence electrons. The third kappa shape index (κ3) is 3.66. The molecule has 0 saturated carbocycles. The van der Waals surface area contributed by atoms with Gasteiger partial charge in [0.05, 0.1) is 0 Å². The Labute approximate surface area is 97.0 Å². The highest BCUT2D eigenvalue weighted by molar-refractivity contribution is 5.93. The topological polar surface area (TPSA) is 55.1 Å². The van der Waals surface area contributed by atoms with Crippen LogP contribution in [-0.4, -0.2) is 19.0 Å². The van der Waals surface area contributed by atoms with Crippen molar-refractivity contribution in [3.63, 3.8) is 0 Å². The fourth-order valence-electron chi connectivity index (χ4n) is 1.52. The Morgan fingerprint density at radius 2 is 2.00 bits per heavy atom. The zero-order valence-corrected chi connectivity index (χ0v) is 9.99. The molecule has 1 rings (SSSR count). The molecule has 0 aromatic heterocycles. The highest BCUT2D eigenvalue weighted by Gasteiger charge is 2.03. The lowest BCUT2D eigenvalue weighted by molar-refractivity contribution is 0.0963. The number of nitrogens with one attached hydrogen (secondary N) is 1. The minimum Gasteiger partial charge on any atom is -0.355 e. The van der Waals surface area contributed by atoms with Gasteiger partial charge < -0.3 is 11.1 Å². The van der Waals surface area contributed by atoms with Gasteiger partial charge in [-0.1, -0.05) is 19.1 Å². The summed E-state index contributed by atoms with van der Waals surface area (Å²) in [5.74, 6) is -0.0446. The molecule has 3 heteroatoms. The molecular formula is C13H20N2O. The number of carbonyl (C=O) groups excluding carboxylic acids is 1. The molecule has 1 atom stereocenters. The minimum absolute atomic E-state index is 0.0446. The molecule has 3 N–H and O–H groups in total. The average Bonchev–Trinajstić information content (AvgIpc) is 2.35.